The molecule has 37 heavy (non-hydrogen) atoms. The Hall–Kier alpha value is -3.44. The number of anilines is 1. The van der Waals surface area contributed by atoms with E-state index in [4.69, 9.17) is 9.47 Å². The lowest BCUT2D eigenvalue weighted by atomic mass is 10.1. The number of pyridine rings is 1. The number of rotatable bonds is 8. The second-order valence-corrected chi connectivity index (χ2v) is 10.8. The molecule has 0 saturated heterocycles. The number of allylic oxidation sites excluding steroid dienone is 3. The van der Waals surface area contributed by atoms with Crippen LogP contribution in [-0.4, -0.2) is 63.0 Å². The first-order valence-corrected chi connectivity index (χ1v) is 13.4. The lowest BCUT2D eigenvalue weighted by Gasteiger charge is -2.36. The van der Waals surface area contributed by atoms with Crippen LogP contribution >= 0.6 is 0 Å². The third kappa shape index (κ3) is 5.78. The maximum absolute atomic E-state index is 14.2. The largest absolute Gasteiger partial charge is 0.498 e. The second-order valence-electron chi connectivity index (χ2n) is 8.94. The molecule has 4 rings (SSSR count). The zero-order valence-electron chi connectivity index (χ0n) is 20.8. The predicted molar refractivity (Wildman–Crippen MR) is 137 cm³/mol. The molecule has 2 aliphatic rings. The van der Waals surface area contributed by atoms with Crippen molar-refractivity contribution in [1.82, 2.24) is 10.3 Å². The number of carbonyl (C=O) groups is 1. The van der Waals surface area contributed by atoms with E-state index in [0.29, 0.717) is 29.1 Å². The molecule has 2 aromatic rings. The number of hydrogen-bond donors (Lipinski definition) is 2. The molecular formula is C26H30FN3O6S. The maximum Gasteiger partial charge on any atom is 0.264 e. The molecular weight excluding hydrogens is 501 g/mol. The summed E-state index contributed by atoms with van der Waals surface area (Å²) in [6.45, 7) is 3.38. The highest BCUT2D eigenvalue weighted by molar-refractivity contribution is 7.96. The van der Waals surface area contributed by atoms with Gasteiger partial charge in [-0.3, -0.25) is 14.1 Å². The van der Waals surface area contributed by atoms with Gasteiger partial charge in [0.05, 0.1) is 29.9 Å². The SMILES string of the molecule is COC1=CC(S(=O)(=O)N2C[C@H](CCNC(=O)C(C)O)Oc3ccc(-c4cccc(C)n4)cc32)=CCC1F. The maximum atomic E-state index is 14.2. The lowest BCUT2D eigenvalue weighted by Crippen LogP contribution is -2.45. The molecule has 0 spiro atoms. The van der Waals surface area contributed by atoms with Crippen LogP contribution in [0, 0.1) is 6.92 Å². The Morgan fingerprint density at radius 1 is 1.35 bits per heavy atom. The fourth-order valence-corrected chi connectivity index (χ4v) is 5.77. The van der Waals surface area contributed by atoms with E-state index in [2.05, 4.69) is 10.3 Å². The number of nitrogens with zero attached hydrogens (tertiary/aromatic N) is 2. The van der Waals surface area contributed by atoms with Crippen molar-refractivity contribution in [3.63, 3.8) is 0 Å². The van der Waals surface area contributed by atoms with Crippen LogP contribution in [0.2, 0.25) is 0 Å². The Morgan fingerprint density at radius 2 is 2.14 bits per heavy atom. The predicted octanol–water partition coefficient (Wildman–Crippen LogP) is 3.00. The van der Waals surface area contributed by atoms with Crippen molar-refractivity contribution in [1.29, 1.82) is 0 Å². The summed E-state index contributed by atoms with van der Waals surface area (Å²) in [4.78, 5) is 16.2. The van der Waals surface area contributed by atoms with Crippen LogP contribution in [0.3, 0.4) is 0 Å². The topological polar surface area (TPSA) is 118 Å². The van der Waals surface area contributed by atoms with Crippen LogP contribution in [0.5, 0.6) is 5.75 Å². The van der Waals surface area contributed by atoms with E-state index in [0.717, 1.165) is 5.69 Å². The number of ether oxygens (including phenoxy) is 2. The summed E-state index contributed by atoms with van der Waals surface area (Å²) in [6.07, 6.45) is -0.403. The van der Waals surface area contributed by atoms with E-state index >= 15 is 0 Å². The number of alkyl halides is 1. The Kier molecular flexibility index (Phi) is 7.84. The number of halogens is 1. The number of aliphatic hydroxyl groups excluding tert-OH is 1. The minimum Gasteiger partial charge on any atom is -0.498 e. The Balaban J connectivity index is 1.70. The highest BCUT2D eigenvalue weighted by Crippen LogP contribution is 2.41. The second kappa shape index (κ2) is 10.9. The van der Waals surface area contributed by atoms with Gasteiger partial charge in [-0.25, -0.2) is 12.8 Å². The number of aliphatic hydroxyl groups is 1. The summed E-state index contributed by atoms with van der Waals surface area (Å²) in [5.41, 5.74) is 2.55. The molecule has 198 valence electrons. The summed E-state index contributed by atoms with van der Waals surface area (Å²) in [5, 5.41) is 12.0. The molecule has 2 N–H and O–H groups in total. The molecule has 1 aromatic heterocycles. The average molecular weight is 532 g/mol. The number of aromatic nitrogens is 1. The van der Waals surface area contributed by atoms with Gasteiger partial charge < -0.3 is 19.9 Å². The Labute approximate surface area is 215 Å². The van der Waals surface area contributed by atoms with Gasteiger partial charge in [-0.2, -0.15) is 0 Å². The molecule has 0 radical (unpaired) electrons. The number of fused-ring (bicyclic) bond motifs is 1. The monoisotopic (exact) mass is 531 g/mol. The van der Waals surface area contributed by atoms with Gasteiger partial charge in [0.1, 0.15) is 23.7 Å². The number of benzene rings is 1. The molecule has 1 aromatic carbocycles. The van der Waals surface area contributed by atoms with Crippen LogP contribution in [0.1, 0.15) is 25.5 Å². The van der Waals surface area contributed by atoms with Crippen molar-refractivity contribution < 1.29 is 32.2 Å². The lowest BCUT2D eigenvalue weighted by molar-refractivity contribution is -0.128. The Bertz CT molecular complexity index is 1340. The normalized spacial score (nSPS) is 20.2. The molecule has 1 aliphatic heterocycles. The minimum atomic E-state index is -4.12. The van der Waals surface area contributed by atoms with Gasteiger partial charge in [-0.05, 0) is 50.3 Å². The van der Waals surface area contributed by atoms with E-state index in [-0.39, 0.29) is 30.2 Å². The zero-order valence-corrected chi connectivity index (χ0v) is 21.7. The Morgan fingerprint density at radius 3 is 2.84 bits per heavy atom. The molecule has 2 unspecified atom stereocenters. The quantitative estimate of drug-likeness (QED) is 0.538. The number of amides is 1. The van der Waals surface area contributed by atoms with Crippen LogP contribution < -0.4 is 14.4 Å². The van der Waals surface area contributed by atoms with Crippen molar-refractivity contribution in [3.8, 4) is 17.0 Å². The summed E-state index contributed by atoms with van der Waals surface area (Å²) in [6, 6.07) is 10.8. The van der Waals surface area contributed by atoms with Crippen molar-refractivity contribution >= 4 is 21.6 Å². The number of nitrogens with one attached hydrogen (secondary N) is 1. The molecule has 1 aliphatic carbocycles. The van der Waals surface area contributed by atoms with Gasteiger partial charge in [0, 0.05) is 30.6 Å². The summed E-state index contributed by atoms with van der Waals surface area (Å²) in [5.74, 6) is -0.222. The number of sulfonamides is 1. The van der Waals surface area contributed by atoms with Gasteiger partial charge in [-0.15, -0.1) is 0 Å². The van der Waals surface area contributed by atoms with Gasteiger partial charge in [-0.1, -0.05) is 12.1 Å². The number of methoxy groups -OCH3 is 1. The van der Waals surface area contributed by atoms with Gasteiger partial charge in [0.25, 0.3) is 10.0 Å². The fourth-order valence-electron chi connectivity index (χ4n) is 4.18. The number of carbonyl (C=O) groups excluding carboxylic acids is 1. The van der Waals surface area contributed by atoms with Crippen molar-refractivity contribution in [3.05, 3.63) is 64.9 Å². The van der Waals surface area contributed by atoms with Gasteiger partial charge in [0.2, 0.25) is 5.91 Å². The van der Waals surface area contributed by atoms with Gasteiger partial charge in [0.15, 0.2) is 6.17 Å². The summed E-state index contributed by atoms with van der Waals surface area (Å²) >= 11 is 0. The molecule has 0 fully saturated rings. The van der Waals surface area contributed by atoms with Crippen LogP contribution in [0.25, 0.3) is 11.3 Å². The van der Waals surface area contributed by atoms with E-state index < -0.39 is 34.3 Å². The first kappa shape index (κ1) is 26.6. The molecule has 2 heterocycles. The first-order chi connectivity index (χ1) is 17.6. The number of aryl methyl sites for hydroxylation is 1. The standard InChI is InChI=1S/C26H30FN3O6S/c1-16-5-4-6-22(29-16)18-7-10-24-23(13-18)30(15-19(36-24)11-12-28-26(32)17(2)31)37(33,34)20-8-9-21(27)25(14-20)35-3/h4-8,10,13-14,17,19,21,31H,9,11-12,15H2,1-3H3,(H,28,32)/t17?,19-,21?/m0/s1. The van der Waals surface area contributed by atoms with Crippen molar-refractivity contribution in [2.24, 2.45) is 0 Å². The van der Waals surface area contributed by atoms with Crippen LogP contribution in [0.15, 0.2) is 59.2 Å². The summed E-state index contributed by atoms with van der Waals surface area (Å²) in [7, 11) is -2.81. The number of hydrogen-bond acceptors (Lipinski definition) is 7. The van der Waals surface area contributed by atoms with E-state index in [1.54, 1.807) is 18.2 Å². The zero-order chi connectivity index (χ0) is 26.7. The van der Waals surface area contributed by atoms with Crippen LogP contribution in [-0.2, 0) is 19.6 Å². The van der Waals surface area contributed by atoms with Crippen molar-refractivity contribution in [2.45, 2.75) is 45.1 Å². The average Bonchev–Trinajstić information content (AvgIpc) is 2.88. The minimum absolute atomic E-state index is 0.0306. The molecule has 0 saturated carbocycles. The third-order valence-corrected chi connectivity index (χ3v) is 7.97. The van der Waals surface area contributed by atoms with E-state index in [1.807, 2.05) is 25.1 Å². The van der Waals surface area contributed by atoms with Gasteiger partial charge >= 0.3 is 0 Å². The molecule has 9 nitrogen and oxygen atoms in total. The molecule has 1 amide bonds. The van der Waals surface area contributed by atoms with Crippen molar-refractivity contribution in [2.75, 3.05) is 24.5 Å². The third-order valence-electron chi connectivity index (χ3n) is 6.16. The smallest absolute Gasteiger partial charge is 0.264 e. The first-order valence-electron chi connectivity index (χ1n) is 11.9. The molecule has 3 atom stereocenters. The molecule has 11 heteroatoms. The van der Waals surface area contributed by atoms with E-state index in [9.17, 15) is 22.7 Å². The fraction of sp³-hybridized carbons (Fsp3) is 0.385. The van der Waals surface area contributed by atoms with E-state index in [1.165, 1.54) is 30.5 Å². The molecule has 0 bridgehead atoms. The summed E-state index contributed by atoms with van der Waals surface area (Å²) < 4.78 is 54.3. The van der Waals surface area contributed by atoms with Crippen LogP contribution in [0.4, 0.5) is 10.1 Å². The highest BCUT2D eigenvalue weighted by Gasteiger charge is 2.37. The highest BCUT2D eigenvalue weighted by atomic mass is 32.2.